The Morgan fingerprint density at radius 3 is 2.41 bits per heavy atom. The molecule has 6 heteroatoms. The number of benzene rings is 4. The van der Waals surface area contributed by atoms with E-state index in [0.717, 1.165) is 39.4 Å². The van der Waals surface area contributed by atoms with Gasteiger partial charge in [-0.2, -0.15) is 0 Å². The van der Waals surface area contributed by atoms with Crippen molar-refractivity contribution in [2.24, 2.45) is 0 Å². The SMILES string of the molecule is O=Cc1ccccc1OCCN(Cc1ccccc1)CC(O)COc1cccc2[nH]c3ccccc3c12. The summed E-state index contributed by atoms with van der Waals surface area (Å²) in [7, 11) is 0. The molecular weight excluding hydrogens is 464 g/mol. The number of ether oxygens (including phenoxy) is 2. The molecule has 0 radical (unpaired) electrons. The fourth-order valence-corrected chi connectivity index (χ4v) is 4.60. The third-order valence-corrected chi connectivity index (χ3v) is 6.35. The standard InChI is InChI=1S/C31H30N2O4/c34-21-24-11-4-7-15-29(24)36-18-17-33(19-23-9-2-1-3-10-23)20-25(35)22-37-30-16-8-14-28-31(30)26-12-5-6-13-27(26)32-28/h1-16,21,25,32,35H,17-20,22H2. The number of aliphatic hydroxyl groups excluding tert-OH is 1. The fourth-order valence-electron chi connectivity index (χ4n) is 4.60. The van der Waals surface area contributed by atoms with Crippen molar-refractivity contribution < 1.29 is 19.4 Å². The summed E-state index contributed by atoms with van der Waals surface area (Å²) in [4.78, 5) is 16.9. The Kier molecular flexibility index (Phi) is 7.79. The van der Waals surface area contributed by atoms with E-state index in [1.54, 1.807) is 12.1 Å². The molecule has 0 fully saturated rings. The lowest BCUT2D eigenvalue weighted by atomic mass is 10.1. The fraction of sp³-hybridized carbons (Fsp3) is 0.194. The molecule has 0 aliphatic carbocycles. The van der Waals surface area contributed by atoms with Crippen molar-refractivity contribution >= 4 is 28.1 Å². The molecule has 0 amide bonds. The molecular formula is C31H30N2O4. The predicted octanol–water partition coefficient (Wildman–Crippen LogP) is 5.45. The first kappa shape index (κ1) is 24.6. The van der Waals surface area contributed by atoms with E-state index in [1.165, 1.54) is 0 Å². The van der Waals surface area contributed by atoms with Crippen LogP contribution in [-0.2, 0) is 6.54 Å². The second-order valence-electron chi connectivity index (χ2n) is 9.04. The number of nitrogens with zero attached hydrogens (tertiary/aromatic N) is 1. The largest absolute Gasteiger partial charge is 0.492 e. The molecule has 0 saturated carbocycles. The number of aliphatic hydroxyl groups is 1. The van der Waals surface area contributed by atoms with Gasteiger partial charge in [-0.1, -0.05) is 66.7 Å². The summed E-state index contributed by atoms with van der Waals surface area (Å²) in [6.07, 6.45) is 0.0957. The van der Waals surface area contributed by atoms with Gasteiger partial charge in [0.1, 0.15) is 30.8 Å². The summed E-state index contributed by atoms with van der Waals surface area (Å²) >= 11 is 0. The summed E-state index contributed by atoms with van der Waals surface area (Å²) in [5, 5.41) is 13.1. The Morgan fingerprint density at radius 2 is 1.54 bits per heavy atom. The monoisotopic (exact) mass is 494 g/mol. The number of fused-ring (bicyclic) bond motifs is 3. The molecule has 1 unspecified atom stereocenters. The molecule has 0 spiro atoms. The minimum Gasteiger partial charge on any atom is -0.492 e. The molecule has 4 aromatic carbocycles. The van der Waals surface area contributed by atoms with Gasteiger partial charge < -0.3 is 19.6 Å². The van der Waals surface area contributed by atoms with Crippen molar-refractivity contribution in [2.75, 3.05) is 26.3 Å². The zero-order valence-corrected chi connectivity index (χ0v) is 20.5. The van der Waals surface area contributed by atoms with E-state index in [9.17, 15) is 9.90 Å². The van der Waals surface area contributed by atoms with Crippen molar-refractivity contribution in [1.82, 2.24) is 9.88 Å². The van der Waals surface area contributed by atoms with Crippen LogP contribution in [0.15, 0.2) is 97.1 Å². The first-order valence-corrected chi connectivity index (χ1v) is 12.4. The molecule has 1 heterocycles. The van der Waals surface area contributed by atoms with E-state index in [2.05, 4.69) is 28.1 Å². The van der Waals surface area contributed by atoms with E-state index in [-0.39, 0.29) is 6.61 Å². The van der Waals surface area contributed by atoms with Gasteiger partial charge in [0.2, 0.25) is 0 Å². The molecule has 0 saturated heterocycles. The molecule has 0 aliphatic rings. The number of carbonyl (C=O) groups is 1. The van der Waals surface area contributed by atoms with Crippen LogP contribution in [0.3, 0.4) is 0 Å². The molecule has 2 N–H and O–H groups in total. The average Bonchev–Trinajstić information content (AvgIpc) is 3.32. The topological polar surface area (TPSA) is 74.8 Å². The van der Waals surface area contributed by atoms with Gasteiger partial charge in [-0.3, -0.25) is 9.69 Å². The van der Waals surface area contributed by atoms with Crippen LogP contribution < -0.4 is 9.47 Å². The molecule has 5 aromatic rings. The second kappa shape index (κ2) is 11.7. The Labute approximate surface area is 216 Å². The van der Waals surface area contributed by atoms with Gasteiger partial charge in [0.05, 0.1) is 11.1 Å². The zero-order valence-electron chi connectivity index (χ0n) is 20.5. The van der Waals surface area contributed by atoms with Gasteiger partial charge in [-0.25, -0.2) is 0 Å². The number of hydrogen-bond acceptors (Lipinski definition) is 5. The number of H-pyrrole nitrogens is 1. The van der Waals surface area contributed by atoms with Gasteiger partial charge in [-0.05, 0) is 35.9 Å². The summed E-state index contributed by atoms with van der Waals surface area (Å²) in [5.74, 6) is 1.31. The minimum atomic E-state index is -0.702. The number of aromatic nitrogens is 1. The van der Waals surface area contributed by atoms with Crippen molar-refractivity contribution in [3.8, 4) is 11.5 Å². The van der Waals surface area contributed by atoms with Gasteiger partial charge in [-0.15, -0.1) is 0 Å². The highest BCUT2D eigenvalue weighted by molar-refractivity contribution is 6.10. The minimum absolute atomic E-state index is 0.165. The highest BCUT2D eigenvalue weighted by Crippen LogP contribution is 2.33. The molecule has 0 bridgehead atoms. The molecule has 6 nitrogen and oxygen atoms in total. The molecule has 1 aromatic heterocycles. The maximum absolute atomic E-state index is 11.3. The lowest BCUT2D eigenvalue weighted by molar-refractivity contribution is 0.0609. The predicted molar refractivity (Wildman–Crippen MR) is 146 cm³/mol. The molecule has 0 aliphatic heterocycles. The number of nitrogens with one attached hydrogen (secondary N) is 1. The van der Waals surface area contributed by atoms with E-state index in [0.29, 0.717) is 37.6 Å². The Balaban J connectivity index is 1.24. The van der Waals surface area contributed by atoms with Crippen LogP contribution >= 0.6 is 0 Å². The molecule has 1 atom stereocenters. The third-order valence-electron chi connectivity index (χ3n) is 6.35. The Bertz CT molecular complexity index is 1460. The first-order chi connectivity index (χ1) is 18.2. The number of aldehydes is 1. The summed E-state index contributed by atoms with van der Waals surface area (Å²) in [6.45, 7) is 2.21. The van der Waals surface area contributed by atoms with Gasteiger partial charge in [0.25, 0.3) is 0 Å². The maximum atomic E-state index is 11.3. The lowest BCUT2D eigenvalue weighted by Crippen LogP contribution is -2.37. The Hall–Kier alpha value is -4.13. The van der Waals surface area contributed by atoms with Gasteiger partial charge in [0.15, 0.2) is 6.29 Å². The van der Waals surface area contributed by atoms with Crippen molar-refractivity contribution in [3.63, 3.8) is 0 Å². The zero-order chi connectivity index (χ0) is 25.5. The smallest absolute Gasteiger partial charge is 0.153 e. The van der Waals surface area contributed by atoms with Gasteiger partial charge in [0, 0.05) is 35.9 Å². The van der Waals surface area contributed by atoms with E-state index < -0.39 is 6.10 Å². The molecule has 188 valence electrons. The van der Waals surface area contributed by atoms with Crippen LogP contribution in [0.2, 0.25) is 0 Å². The van der Waals surface area contributed by atoms with Crippen LogP contribution in [0.4, 0.5) is 0 Å². The molecule has 37 heavy (non-hydrogen) atoms. The summed E-state index contributed by atoms with van der Waals surface area (Å²) < 4.78 is 12.0. The van der Waals surface area contributed by atoms with Crippen LogP contribution in [0.25, 0.3) is 21.8 Å². The highest BCUT2D eigenvalue weighted by Gasteiger charge is 2.16. The Morgan fingerprint density at radius 1 is 0.811 bits per heavy atom. The van der Waals surface area contributed by atoms with Crippen molar-refractivity contribution in [2.45, 2.75) is 12.6 Å². The number of rotatable bonds is 12. The average molecular weight is 495 g/mol. The van der Waals surface area contributed by atoms with Crippen LogP contribution in [0.5, 0.6) is 11.5 Å². The second-order valence-corrected chi connectivity index (χ2v) is 9.04. The van der Waals surface area contributed by atoms with Crippen molar-refractivity contribution in [3.05, 3.63) is 108 Å². The number of aromatic amines is 1. The first-order valence-electron chi connectivity index (χ1n) is 12.4. The number of carbonyl (C=O) groups excluding carboxylic acids is 1. The van der Waals surface area contributed by atoms with Gasteiger partial charge >= 0.3 is 0 Å². The van der Waals surface area contributed by atoms with Crippen LogP contribution in [0, 0.1) is 0 Å². The lowest BCUT2D eigenvalue weighted by Gasteiger charge is -2.25. The third kappa shape index (κ3) is 6.00. The van der Waals surface area contributed by atoms with E-state index in [1.807, 2.05) is 66.7 Å². The van der Waals surface area contributed by atoms with E-state index in [4.69, 9.17) is 9.47 Å². The van der Waals surface area contributed by atoms with Crippen LogP contribution in [-0.4, -0.2) is 53.7 Å². The number of para-hydroxylation sites is 2. The highest BCUT2D eigenvalue weighted by atomic mass is 16.5. The van der Waals surface area contributed by atoms with E-state index >= 15 is 0 Å². The maximum Gasteiger partial charge on any atom is 0.153 e. The normalized spacial score (nSPS) is 12.2. The van der Waals surface area contributed by atoms with Crippen LogP contribution in [0.1, 0.15) is 15.9 Å². The quantitative estimate of drug-likeness (QED) is 0.226. The van der Waals surface area contributed by atoms with Crippen molar-refractivity contribution in [1.29, 1.82) is 0 Å². The summed E-state index contributed by atoms with van der Waals surface area (Å²) in [6, 6.07) is 31.4. The summed E-state index contributed by atoms with van der Waals surface area (Å²) in [5.41, 5.74) is 3.73. The number of hydrogen-bond donors (Lipinski definition) is 2. The molecule has 5 rings (SSSR count).